The Bertz CT molecular complexity index is 685. The fraction of sp³-hybridized carbons (Fsp3) is 0.316. The molecule has 1 atom stereocenters. The molecule has 0 heterocycles. The molecule has 122 valence electrons. The summed E-state index contributed by atoms with van der Waals surface area (Å²) in [5.41, 5.74) is 3.98. The van der Waals surface area contributed by atoms with Gasteiger partial charge >= 0.3 is 0 Å². The van der Waals surface area contributed by atoms with Crippen molar-refractivity contribution in [2.45, 2.75) is 25.6 Å². The highest BCUT2D eigenvalue weighted by Crippen LogP contribution is 2.26. The zero-order valence-electron chi connectivity index (χ0n) is 14.1. The first kappa shape index (κ1) is 17.4. The molecule has 2 aromatic rings. The monoisotopic (exact) mass is 329 g/mol. The number of nitrogens with one attached hydrogen (secondary N) is 1. The fourth-order valence-electron chi connectivity index (χ4n) is 2.52. The van der Waals surface area contributed by atoms with E-state index in [0.29, 0.717) is 5.56 Å². The summed E-state index contributed by atoms with van der Waals surface area (Å²) in [6.07, 6.45) is 2.05. The standard InChI is InChI=1S/C19H23NO2S/c1-13-8-9-18(22-3)17(10-13)14(2)20-19(21)16-7-5-6-15(11-16)12-23-4/h5-11,14H,12H2,1-4H3,(H,20,21)/t14-/m1/s1. The van der Waals surface area contributed by atoms with Gasteiger partial charge in [-0.3, -0.25) is 4.79 Å². The zero-order chi connectivity index (χ0) is 16.8. The number of carbonyl (C=O) groups is 1. The lowest BCUT2D eigenvalue weighted by molar-refractivity contribution is 0.0939. The lowest BCUT2D eigenvalue weighted by Crippen LogP contribution is -2.27. The van der Waals surface area contributed by atoms with E-state index in [1.165, 1.54) is 0 Å². The molecule has 1 N–H and O–H groups in total. The SMILES string of the molecule is COc1ccc(C)cc1[C@@H](C)NC(=O)c1cccc(CSC)c1. The lowest BCUT2D eigenvalue weighted by atomic mass is 10.0. The average molecular weight is 329 g/mol. The van der Waals surface area contributed by atoms with Crippen molar-refractivity contribution >= 4 is 17.7 Å². The van der Waals surface area contributed by atoms with Crippen LogP contribution in [-0.2, 0) is 5.75 Å². The van der Waals surface area contributed by atoms with Gasteiger partial charge in [-0.05, 0) is 43.9 Å². The van der Waals surface area contributed by atoms with Gasteiger partial charge < -0.3 is 10.1 Å². The smallest absolute Gasteiger partial charge is 0.251 e. The van der Waals surface area contributed by atoms with Crippen molar-refractivity contribution < 1.29 is 9.53 Å². The van der Waals surface area contributed by atoms with E-state index in [-0.39, 0.29) is 11.9 Å². The molecule has 0 unspecified atom stereocenters. The molecule has 0 aliphatic rings. The second-order valence-electron chi connectivity index (χ2n) is 5.57. The molecule has 0 saturated heterocycles. The summed E-state index contributed by atoms with van der Waals surface area (Å²) in [6.45, 7) is 4.00. The highest BCUT2D eigenvalue weighted by Gasteiger charge is 2.15. The number of benzene rings is 2. The van der Waals surface area contributed by atoms with Crippen molar-refractivity contribution in [3.8, 4) is 5.75 Å². The lowest BCUT2D eigenvalue weighted by Gasteiger charge is -2.18. The number of methoxy groups -OCH3 is 1. The van der Waals surface area contributed by atoms with Crippen LogP contribution in [0, 0.1) is 6.92 Å². The number of hydrogen-bond acceptors (Lipinski definition) is 3. The van der Waals surface area contributed by atoms with Gasteiger partial charge in [0.2, 0.25) is 0 Å². The van der Waals surface area contributed by atoms with E-state index < -0.39 is 0 Å². The van der Waals surface area contributed by atoms with Crippen LogP contribution in [0.4, 0.5) is 0 Å². The summed E-state index contributed by atoms with van der Waals surface area (Å²) in [5, 5.41) is 3.06. The van der Waals surface area contributed by atoms with Gasteiger partial charge in [-0.2, -0.15) is 11.8 Å². The maximum absolute atomic E-state index is 12.5. The normalized spacial score (nSPS) is 11.8. The van der Waals surface area contributed by atoms with Crippen LogP contribution in [0.2, 0.25) is 0 Å². The van der Waals surface area contributed by atoms with Crippen LogP contribution in [0.15, 0.2) is 42.5 Å². The van der Waals surface area contributed by atoms with Gasteiger partial charge in [-0.1, -0.05) is 29.8 Å². The van der Waals surface area contributed by atoms with E-state index in [1.807, 2.05) is 56.3 Å². The molecule has 2 aromatic carbocycles. The summed E-state index contributed by atoms with van der Waals surface area (Å²) in [6, 6.07) is 13.6. The van der Waals surface area contributed by atoms with Crippen molar-refractivity contribution in [2.75, 3.05) is 13.4 Å². The van der Waals surface area contributed by atoms with E-state index in [2.05, 4.69) is 11.6 Å². The predicted octanol–water partition coefficient (Wildman–Crippen LogP) is 4.36. The Balaban J connectivity index is 2.16. The maximum Gasteiger partial charge on any atom is 0.251 e. The summed E-state index contributed by atoms with van der Waals surface area (Å²) < 4.78 is 5.41. The number of amides is 1. The Morgan fingerprint density at radius 2 is 2.04 bits per heavy atom. The van der Waals surface area contributed by atoms with Gasteiger partial charge in [-0.15, -0.1) is 0 Å². The molecular formula is C19H23NO2S. The Hall–Kier alpha value is -1.94. The highest BCUT2D eigenvalue weighted by atomic mass is 32.2. The topological polar surface area (TPSA) is 38.3 Å². The third kappa shape index (κ3) is 4.52. The molecule has 0 radical (unpaired) electrons. The van der Waals surface area contributed by atoms with Gasteiger partial charge in [0.05, 0.1) is 13.2 Å². The van der Waals surface area contributed by atoms with Crippen molar-refractivity contribution in [3.63, 3.8) is 0 Å². The number of ether oxygens (including phenoxy) is 1. The van der Waals surface area contributed by atoms with Gasteiger partial charge in [0.1, 0.15) is 5.75 Å². The van der Waals surface area contributed by atoms with Gasteiger partial charge in [0.25, 0.3) is 5.91 Å². The second-order valence-corrected chi connectivity index (χ2v) is 6.44. The van der Waals surface area contributed by atoms with E-state index >= 15 is 0 Å². The van der Waals surface area contributed by atoms with Crippen LogP contribution < -0.4 is 10.1 Å². The highest BCUT2D eigenvalue weighted by molar-refractivity contribution is 7.97. The molecule has 1 amide bonds. The molecular weight excluding hydrogens is 306 g/mol. The summed E-state index contributed by atoms with van der Waals surface area (Å²) in [5.74, 6) is 1.63. The van der Waals surface area contributed by atoms with E-state index in [1.54, 1.807) is 18.9 Å². The molecule has 0 aliphatic carbocycles. The molecule has 23 heavy (non-hydrogen) atoms. The van der Waals surface area contributed by atoms with Crippen molar-refractivity contribution in [1.29, 1.82) is 0 Å². The molecule has 0 fully saturated rings. The molecule has 0 spiro atoms. The third-order valence-corrected chi connectivity index (χ3v) is 4.32. The average Bonchev–Trinajstić information content (AvgIpc) is 2.55. The first-order valence-electron chi connectivity index (χ1n) is 7.58. The maximum atomic E-state index is 12.5. The van der Waals surface area contributed by atoms with Gasteiger partial charge in [-0.25, -0.2) is 0 Å². The summed E-state index contributed by atoms with van der Waals surface area (Å²) in [4.78, 5) is 12.5. The Morgan fingerprint density at radius 1 is 1.26 bits per heavy atom. The predicted molar refractivity (Wildman–Crippen MR) is 97.3 cm³/mol. The number of rotatable bonds is 6. The minimum absolute atomic E-state index is 0.0657. The molecule has 2 rings (SSSR count). The van der Waals surface area contributed by atoms with Gasteiger partial charge in [0.15, 0.2) is 0 Å². The summed E-state index contributed by atoms with van der Waals surface area (Å²) in [7, 11) is 1.65. The summed E-state index contributed by atoms with van der Waals surface area (Å²) >= 11 is 1.74. The number of hydrogen-bond donors (Lipinski definition) is 1. The second kappa shape index (κ2) is 8.06. The Labute approximate surface area is 142 Å². The third-order valence-electron chi connectivity index (χ3n) is 3.70. The number of aryl methyl sites for hydroxylation is 1. The Morgan fingerprint density at radius 3 is 2.74 bits per heavy atom. The molecule has 0 bridgehead atoms. The minimum atomic E-state index is -0.124. The van der Waals surface area contributed by atoms with Crippen LogP contribution >= 0.6 is 11.8 Å². The van der Waals surface area contributed by atoms with Gasteiger partial charge in [0, 0.05) is 16.9 Å². The van der Waals surface area contributed by atoms with E-state index in [9.17, 15) is 4.79 Å². The van der Waals surface area contributed by atoms with Crippen LogP contribution in [0.5, 0.6) is 5.75 Å². The fourth-order valence-corrected chi connectivity index (χ4v) is 3.03. The molecule has 0 saturated carbocycles. The van der Waals surface area contributed by atoms with Crippen molar-refractivity contribution in [3.05, 3.63) is 64.7 Å². The first-order chi connectivity index (χ1) is 11.0. The van der Waals surface area contributed by atoms with Crippen LogP contribution in [0.25, 0.3) is 0 Å². The minimum Gasteiger partial charge on any atom is -0.496 e. The van der Waals surface area contributed by atoms with Crippen molar-refractivity contribution in [1.82, 2.24) is 5.32 Å². The largest absolute Gasteiger partial charge is 0.496 e. The van der Waals surface area contributed by atoms with E-state index in [4.69, 9.17) is 4.74 Å². The first-order valence-corrected chi connectivity index (χ1v) is 8.97. The number of carbonyl (C=O) groups excluding carboxylic acids is 1. The van der Waals surface area contributed by atoms with E-state index in [0.717, 1.165) is 28.2 Å². The zero-order valence-corrected chi connectivity index (χ0v) is 14.9. The molecule has 0 aliphatic heterocycles. The van der Waals surface area contributed by atoms with Crippen LogP contribution in [0.1, 0.15) is 40.0 Å². The quantitative estimate of drug-likeness (QED) is 0.856. The molecule has 4 heteroatoms. The number of thioether (sulfide) groups is 1. The molecule has 0 aromatic heterocycles. The van der Waals surface area contributed by atoms with Crippen LogP contribution in [-0.4, -0.2) is 19.3 Å². The van der Waals surface area contributed by atoms with Crippen molar-refractivity contribution in [2.24, 2.45) is 0 Å². The Kier molecular flexibility index (Phi) is 6.11. The molecule has 3 nitrogen and oxygen atoms in total. The van der Waals surface area contributed by atoms with Crippen LogP contribution in [0.3, 0.4) is 0 Å².